The lowest BCUT2D eigenvalue weighted by Crippen LogP contribution is -2.45. The lowest BCUT2D eigenvalue weighted by atomic mass is 10.1. The second-order valence-corrected chi connectivity index (χ2v) is 5.12. The summed E-state index contributed by atoms with van der Waals surface area (Å²) < 4.78 is 13.1. The monoisotopic (exact) mass is 266 g/mol. The van der Waals surface area contributed by atoms with E-state index in [-0.39, 0.29) is 11.9 Å². The molecule has 3 nitrogen and oxygen atoms in total. The molecule has 0 aromatic heterocycles. The molecule has 96 valence electrons. The molecule has 1 aromatic rings. The Kier molecular flexibility index (Phi) is 3.61. The normalized spacial score (nSPS) is 16.1. The average Bonchev–Trinajstić information content (AvgIpc) is 3.12. The highest BCUT2D eigenvalue weighted by molar-refractivity contribution is 7.80. The summed E-state index contributed by atoms with van der Waals surface area (Å²) in [5, 5.41) is 2.79. The largest absolute Gasteiger partial charge is 0.392 e. The SMILES string of the molecule is Cc1ccc(F)cc1C(=O)NC(C(N)=S)C1CC1. The average molecular weight is 266 g/mol. The minimum absolute atomic E-state index is 0.282. The number of thiocarbonyl (C=S) groups is 1. The third-order valence-electron chi connectivity index (χ3n) is 3.13. The van der Waals surface area contributed by atoms with Crippen LogP contribution in [0, 0.1) is 18.7 Å². The molecule has 1 aromatic carbocycles. The van der Waals surface area contributed by atoms with Gasteiger partial charge in [-0.05, 0) is 43.4 Å². The summed E-state index contributed by atoms with van der Waals surface area (Å²) in [5.74, 6) is -0.416. The summed E-state index contributed by atoms with van der Waals surface area (Å²) in [6, 6.07) is 3.86. The molecule has 18 heavy (non-hydrogen) atoms. The van der Waals surface area contributed by atoms with Crippen molar-refractivity contribution < 1.29 is 9.18 Å². The second kappa shape index (κ2) is 5.02. The molecule has 3 N–H and O–H groups in total. The second-order valence-electron chi connectivity index (χ2n) is 4.65. The first-order valence-corrected chi connectivity index (χ1v) is 6.26. The Morgan fingerprint density at radius 2 is 2.22 bits per heavy atom. The van der Waals surface area contributed by atoms with Crippen LogP contribution in [0.2, 0.25) is 0 Å². The molecule has 0 bridgehead atoms. The van der Waals surface area contributed by atoms with Crippen LogP contribution < -0.4 is 11.1 Å². The van der Waals surface area contributed by atoms with Crippen molar-refractivity contribution in [1.29, 1.82) is 0 Å². The van der Waals surface area contributed by atoms with Crippen molar-refractivity contribution in [2.45, 2.75) is 25.8 Å². The molecular formula is C13H15FN2OS. The molecule has 1 atom stereocenters. The van der Waals surface area contributed by atoms with Crippen LogP contribution in [0.15, 0.2) is 18.2 Å². The van der Waals surface area contributed by atoms with Crippen LogP contribution in [-0.4, -0.2) is 16.9 Å². The maximum atomic E-state index is 13.1. The van der Waals surface area contributed by atoms with Crippen molar-refractivity contribution in [1.82, 2.24) is 5.32 Å². The summed E-state index contributed by atoms with van der Waals surface area (Å²) in [5.41, 5.74) is 6.67. The number of carbonyl (C=O) groups excluding carboxylic acids is 1. The predicted molar refractivity (Wildman–Crippen MR) is 71.9 cm³/mol. The van der Waals surface area contributed by atoms with Crippen molar-refractivity contribution in [3.8, 4) is 0 Å². The Balaban J connectivity index is 2.15. The van der Waals surface area contributed by atoms with Gasteiger partial charge in [-0.3, -0.25) is 4.79 Å². The van der Waals surface area contributed by atoms with E-state index in [0.717, 1.165) is 18.4 Å². The summed E-state index contributed by atoms with van der Waals surface area (Å²) >= 11 is 4.95. The molecule has 2 rings (SSSR count). The van der Waals surface area contributed by atoms with Gasteiger partial charge in [0.15, 0.2) is 0 Å². The van der Waals surface area contributed by atoms with Gasteiger partial charge in [0, 0.05) is 5.56 Å². The van der Waals surface area contributed by atoms with Crippen molar-refractivity contribution in [2.75, 3.05) is 0 Å². The van der Waals surface area contributed by atoms with Crippen LogP contribution in [0.5, 0.6) is 0 Å². The number of halogens is 1. The van der Waals surface area contributed by atoms with Gasteiger partial charge in [-0.15, -0.1) is 0 Å². The lowest BCUT2D eigenvalue weighted by molar-refractivity contribution is 0.0942. The number of hydrogen-bond donors (Lipinski definition) is 2. The van der Waals surface area contributed by atoms with Gasteiger partial charge >= 0.3 is 0 Å². The van der Waals surface area contributed by atoms with E-state index in [1.165, 1.54) is 12.1 Å². The van der Waals surface area contributed by atoms with Gasteiger partial charge in [0.25, 0.3) is 5.91 Å². The van der Waals surface area contributed by atoms with Gasteiger partial charge < -0.3 is 11.1 Å². The molecular weight excluding hydrogens is 251 g/mol. The van der Waals surface area contributed by atoms with E-state index in [1.54, 1.807) is 13.0 Å². The fourth-order valence-electron chi connectivity index (χ4n) is 1.91. The summed E-state index contributed by atoms with van der Waals surface area (Å²) in [6.45, 7) is 1.77. The number of amides is 1. The molecule has 1 amide bonds. The van der Waals surface area contributed by atoms with Crippen LogP contribution in [0.4, 0.5) is 4.39 Å². The van der Waals surface area contributed by atoms with Crippen molar-refractivity contribution in [2.24, 2.45) is 11.7 Å². The van der Waals surface area contributed by atoms with Crippen LogP contribution in [0.3, 0.4) is 0 Å². The first kappa shape index (κ1) is 13.0. The molecule has 0 saturated heterocycles. The molecule has 1 fully saturated rings. The smallest absolute Gasteiger partial charge is 0.252 e. The van der Waals surface area contributed by atoms with Crippen molar-refractivity contribution >= 4 is 23.1 Å². The molecule has 1 unspecified atom stereocenters. The van der Waals surface area contributed by atoms with E-state index in [4.69, 9.17) is 18.0 Å². The van der Waals surface area contributed by atoms with Gasteiger partial charge in [-0.25, -0.2) is 4.39 Å². The zero-order chi connectivity index (χ0) is 13.3. The highest BCUT2D eigenvalue weighted by Gasteiger charge is 2.34. The molecule has 0 aliphatic heterocycles. The molecule has 0 radical (unpaired) electrons. The fraction of sp³-hybridized carbons (Fsp3) is 0.385. The Morgan fingerprint density at radius 1 is 1.56 bits per heavy atom. The highest BCUT2D eigenvalue weighted by atomic mass is 32.1. The molecule has 5 heteroatoms. The quantitative estimate of drug-likeness (QED) is 0.819. The number of aryl methyl sites for hydroxylation is 1. The van der Waals surface area contributed by atoms with Gasteiger partial charge in [0.05, 0.1) is 11.0 Å². The van der Waals surface area contributed by atoms with Gasteiger partial charge in [-0.2, -0.15) is 0 Å². The number of carbonyl (C=O) groups is 1. The lowest BCUT2D eigenvalue weighted by Gasteiger charge is -2.17. The minimum Gasteiger partial charge on any atom is -0.392 e. The van der Waals surface area contributed by atoms with Gasteiger partial charge in [-0.1, -0.05) is 18.3 Å². The van der Waals surface area contributed by atoms with Crippen LogP contribution in [0.25, 0.3) is 0 Å². The van der Waals surface area contributed by atoms with Crippen molar-refractivity contribution in [3.63, 3.8) is 0 Å². The van der Waals surface area contributed by atoms with E-state index in [2.05, 4.69) is 5.32 Å². The molecule has 1 aliphatic rings. The molecule has 1 saturated carbocycles. The summed E-state index contributed by atoms with van der Waals surface area (Å²) in [4.78, 5) is 12.4. The van der Waals surface area contributed by atoms with E-state index in [1.807, 2.05) is 0 Å². The molecule has 1 aliphatic carbocycles. The third-order valence-corrected chi connectivity index (χ3v) is 3.38. The van der Waals surface area contributed by atoms with E-state index in [0.29, 0.717) is 16.5 Å². The van der Waals surface area contributed by atoms with Crippen LogP contribution >= 0.6 is 12.2 Å². The first-order chi connectivity index (χ1) is 8.49. The number of hydrogen-bond acceptors (Lipinski definition) is 2. The third kappa shape index (κ3) is 2.85. The number of benzene rings is 1. The predicted octanol–water partition coefficient (Wildman–Crippen LogP) is 1.93. The van der Waals surface area contributed by atoms with Crippen molar-refractivity contribution in [3.05, 3.63) is 35.1 Å². The van der Waals surface area contributed by atoms with Gasteiger partial charge in [0.1, 0.15) is 5.82 Å². The topological polar surface area (TPSA) is 55.1 Å². The van der Waals surface area contributed by atoms with E-state index >= 15 is 0 Å². The standard InChI is InChI=1S/C13H15FN2OS/c1-7-2-5-9(14)6-10(7)13(17)16-11(12(15)18)8-3-4-8/h2,5-6,8,11H,3-4H2,1H3,(H2,15,18)(H,16,17). The Labute approximate surface area is 111 Å². The zero-order valence-corrected chi connectivity index (χ0v) is 10.9. The highest BCUT2D eigenvalue weighted by Crippen LogP contribution is 2.33. The van der Waals surface area contributed by atoms with E-state index in [9.17, 15) is 9.18 Å². The maximum absolute atomic E-state index is 13.1. The van der Waals surface area contributed by atoms with Crippen LogP contribution in [-0.2, 0) is 0 Å². The molecule has 0 heterocycles. The minimum atomic E-state index is -0.427. The Hall–Kier alpha value is -1.49. The number of nitrogens with two attached hydrogens (primary N) is 1. The number of rotatable bonds is 4. The fourth-order valence-corrected chi connectivity index (χ4v) is 2.16. The maximum Gasteiger partial charge on any atom is 0.252 e. The number of nitrogens with one attached hydrogen (secondary N) is 1. The summed E-state index contributed by atoms with van der Waals surface area (Å²) in [6.07, 6.45) is 2.04. The zero-order valence-electron chi connectivity index (χ0n) is 10.1. The first-order valence-electron chi connectivity index (χ1n) is 5.85. The Morgan fingerprint density at radius 3 is 2.78 bits per heavy atom. The van der Waals surface area contributed by atoms with Crippen LogP contribution in [0.1, 0.15) is 28.8 Å². The van der Waals surface area contributed by atoms with E-state index < -0.39 is 5.82 Å². The summed E-state index contributed by atoms with van der Waals surface area (Å²) in [7, 11) is 0. The molecule has 0 spiro atoms. The van der Waals surface area contributed by atoms with Gasteiger partial charge in [0.2, 0.25) is 0 Å². The Bertz CT molecular complexity index is 500.